The summed E-state index contributed by atoms with van der Waals surface area (Å²) in [5, 5.41) is 13.3. The highest BCUT2D eigenvalue weighted by Gasteiger charge is 2.34. The smallest absolute Gasteiger partial charge is 0.137 e. The van der Waals surface area contributed by atoms with Crippen LogP contribution in [0.25, 0.3) is 0 Å². The number of ether oxygens (including phenoxy) is 1. The predicted octanol–water partition coefficient (Wildman–Crippen LogP) is 1.11. The van der Waals surface area contributed by atoms with E-state index < -0.39 is 5.60 Å². The van der Waals surface area contributed by atoms with Crippen LogP contribution in [0.5, 0.6) is 5.75 Å². The average Bonchev–Trinajstić information content (AvgIpc) is 2.67. The molecule has 1 fully saturated rings. The molecule has 0 aliphatic carbocycles. The number of rotatable bonds is 2. The Morgan fingerprint density at radius 2 is 2.19 bits per heavy atom. The average molecular weight is 267 g/mol. The lowest BCUT2D eigenvalue weighted by atomic mass is 9.98. The van der Waals surface area contributed by atoms with Crippen LogP contribution in [0.2, 0.25) is 0 Å². The Balaban J connectivity index is 0.00000112. The molecule has 16 heavy (non-hydrogen) atoms. The Bertz CT molecular complexity index is 313. The summed E-state index contributed by atoms with van der Waals surface area (Å²) in [6.45, 7) is 1.41. The summed E-state index contributed by atoms with van der Waals surface area (Å²) in [6, 6.07) is 3.63. The molecule has 2 rings (SSSR count). The Labute approximate surface area is 107 Å². The number of pyridine rings is 1. The van der Waals surface area contributed by atoms with Crippen molar-refractivity contribution < 1.29 is 9.84 Å². The SMILES string of the molecule is COc1ccc(C2(O)CCNC2)nc1.Cl.Cl. The fourth-order valence-corrected chi connectivity index (χ4v) is 1.67. The van der Waals surface area contributed by atoms with Gasteiger partial charge >= 0.3 is 0 Å². The van der Waals surface area contributed by atoms with Crippen LogP contribution in [0, 0.1) is 0 Å². The zero-order chi connectivity index (χ0) is 10.0. The molecule has 4 nitrogen and oxygen atoms in total. The molecule has 0 spiro atoms. The van der Waals surface area contributed by atoms with E-state index in [4.69, 9.17) is 4.74 Å². The number of aromatic nitrogens is 1. The van der Waals surface area contributed by atoms with Crippen LogP contribution < -0.4 is 10.1 Å². The van der Waals surface area contributed by atoms with Crippen molar-refractivity contribution in [2.75, 3.05) is 20.2 Å². The number of nitrogens with zero attached hydrogens (tertiary/aromatic N) is 1. The molecule has 1 saturated heterocycles. The van der Waals surface area contributed by atoms with Gasteiger partial charge in [0.15, 0.2) is 0 Å². The normalized spacial score (nSPS) is 23.1. The zero-order valence-electron chi connectivity index (χ0n) is 8.97. The van der Waals surface area contributed by atoms with Crippen molar-refractivity contribution in [3.05, 3.63) is 24.0 Å². The zero-order valence-corrected chi connectivity index (χ0v) is 10.6. The van der Waals surface area contributed by atoms with E-state index >= 15 is 0 Å². The van der Waals surface area contributed by atoms with Gasteiger partial charge in [0.25, 0.3) is 0 Å². The van der Waals surface area contributed by atoms with E-state index in [1.807, 2.05) is 12.1 Å². The van der Waals surface area contributed by atoms with Crippen molar-refractivity contribution in [2.45, 2.75) is 12.0 Å². The number of methoxy groups -OCH3 is 1. The lowest BCUT2D eigenvalue weighted by Gasteiger charge is -2.20. The molecular weight excluding hydrogens is 251 g/mol. The van der Waals surface area contributed by atoms with Crippen LogP contribution in [-0.4, -0.2) is 30.3 Å². The van der Waals surface area contributed by atoms with Gasteiger partial charge in [-0.05, 0) is 25.1 Å². The molecule has 2 N–H and O–H groups in total. The van der Waals surface area contributed by atoms with Crippen LogP contribution in [0.4, 0.5) is 0 Å². The van der Waals surface area contributed by atoms with E-state index in [9.17, 15) is 5.11 Å². The van der Waals surface area contributed by atoms with Crippen LogP contribution in [0.3, 0.4) is 0 Å². The number of nitrogens with one attached hydrogen (secondary N) is 1. The molecule has 6 heteroatoms. The van der Waals surface area contributed by atoms with Crippen molar-refractivity contribution >= 4 is 24.8 Å². The first kappa shape index (κ1) is 15.4. The minimum Gasteiger partial charge on any atom is -0.495 e. The van der Waals surface area contributed by atoms with Crippen LogP contribution in [-0.2, 0) is 5.60 Å². The van der Waals surface area contributed by atoms with E-state index in [0.29, 0.717) is 24.4 Å². The Hall–Kier alpha value is -0.550. The summed E-state index contributed by atoms with van der Waals surface area (Å²) in [7, 11) is 1.60. The highest BCUT2D eigenvalue weighted by Crippen LogP contribution is 2.26. The molecule has 0 bridgehead atoms. The van der Waals surface area contributed by atoms with E-state index in [1.54, 1.807) is 13.3 Å². The number of β-amino-alcohol motifs (C(OH)–C–C–N with tert-alkyl or cyclic N) is 1. The van der Waals surface area contributed by atoms with Gasteiger partial charge in [0.2, 0.25) is 0 Å². The van der Waals surface area contributed by atoms with Crippen molar-refractivity contribution in [3.63, 3.8) is 0 Å². The minimum absolute atomic E-state index is 0. The third-order valence-corrected chi connectivity index (χ3v) is 2.58. The van der Waals surface area contributed by atoms with Gasteiger partial charge in [0, 0.05) is 6.54 Å². The van der Waals surface area contributed by atoms with Crippen LogP contribution in [0.1, 0.15) is 12.1 Å². The molecule has 0 radical (unpaired) electrons. The van der Waals surface area contributed by atoms with Gasteiger partial charge in [-0.25, -0.2) is 0 Å². The summed E-state index contributed by atoms with van der Waals surface area (Å²) >= 11 is 0. The minimum atomic E-state index is -0.799. The quantitative estimate of drug-likeness (QED) is 0.843. The molecule has 92 valence electrons. The highest BCUT2D eigenvalue weighted by molar-refractivity contribution is 5.85. The summed E-state index contributed by atoms with van der Waals surface area (Å²) in [5.74, 6) is 0.711. The topological polar surface area (TPSA) is 54.4 Å². The number of hydrogen-bond acceptors (Lipinski definition) is 4. The van der Waals surface area contributed by atoms with Gasteiger partial charge < -0.3 is 15.2 Å². The second-order valence-electron chi connectivity index (χ2n) is 3.54. The first-order valence-electron chi connectivity index (χ1n) is 4.68. The van der Waals surface area contributed by atoms with Gasteiger partial charge in [-0.15, -0.1) is 24.8 Å². The monoisotopic (exact) mass is 266 g/mol. The summed E-state index contributed by atoms with van der Waals surface area (Å²) < 4.78 is 5.00. The standard InChI is InChI=1S/C10H14N2O2.2ClH/c1-14-8-2-3-9(12-6-8)10(13)4-5-11-7-10;;/h2-3,6,11,13H,4-5,7H2,1H3;2*1H. The van der Waals surface area contributed by atoms with Gasteiger partial charge in [-0.1, -0.05) is 0 Å². The Morgan fingerprint density at radius 1 is 1.44 bits per heavy atom. The summed E-state index contributed by atoms with van der Waals surface area (Å²) in [4.78, 5) is 4.19. The van der Waals surface area contributed by atoms with Crippen molar-refractivity contribution in [1.82, 2.24) is 10.3 Å². The molecular formula is C10H16Cl2N2O2. The number of aliphatic hydroxyl groups is 1. The maximum atomic E-state index is 10.2. The van der Waals surface area contributed by atoms with E-state index in [-0.39, 0.29) is 24.8 Å². The molecule has 0 amide bonds. The van der Waals surface area contributed by atoms with E-state index in [1.165, 1.54) is 0 Å². The van der Waals surface area contributed by atoms with Gasteiger partial charge in [0.1, 0.15) is 11.4 Å². The fourth-order valence-electron chi connectivity index (χ4n) is 1.67. The Kier molecular flexibility index (Phi) is 6.04. The van der Waals surface area contributed by atoms with Gasteiger partial charge in [0.05, 0.1) is 19.0 Å². The summed E-state index contributed by atoms with van der Waals surface area (Å²) in [5.41, 5.74) is -0.0879. The second-order valence-corrected chi connectivity index (χ2v) is 3.54. The fraction of sp³-hybridized carbons (Fsp3) is 0.500. The van der Waals surface area contributed by atoms with Crippen LogP contribution >= 0.6 is 24.8 Å². The first-order chi connectivity index (χ1) is 6.74. The lowest BCUT2D eigenvalue weighted by Crippen LogP contribution is -2.29. The largest absolute Gasteiger partial charge is 0.495 e. The maximum absolute atomic E-state index is 10.2. The third-order valence-electron chi connectivity index (χ3n) is 2.58. The van der Waals surface area contributed by atoms with Crippen molar-refractivity contribution in [2.24, 2.45) is 0 Å². The van der Waals surface area contributed by atoms with E-state index in [0.717, 1.165) is 6.54 Å². The molecule has 0 aromatic carbocycles. The molecule has 2 heterocycles. The van der Waals surface area contributed by atoms with Crippen molar-refractivity contribution in [3.8, 4) is 5.75 Å². The summed E-state index contributed by atoms with van der Waals surface area (Å²) in [6.07, 6.45) is 2.35. The van der Waals surface area contributed by atoms with E-state index in [2.05, 4.69) is 10.3 Å². The molecule has 1 unspecified atom stereocenters. The molecule has 1 aromatic rings. The van der Waals surface area contributed by atoms with Crippen molar-refractivity contribution in [1.29, 1.82) is 0 Å². The van der Waals surface area contributed by atoms with Crippen LogP contribution in [0.15, 0.2) is 18.3 Å². The highest BCUT2D eigenvalue weighted by atomic mass is 35.5. The molecule has 1 atom stereocenters. The third kappa shape index (κ3) is 2.98. The lowest BCUT2D eigenvalue weighted by molar-refractivity contribution is 0.0541. The van der Waals surface area contributed by atoms with Gasteiger partial charge in [-0.2, -0.15) is 0 Å². The molecule has 1 aliphatic rings. The number of hydrogen-bond donors (Lipinski definition) is 2. The maximum Gasteiger partial charge on any atom is 0.137 e. The number of halogens is 2. The Morgan fingerprint density at radius 3 is 2.62 bits per heavy atom. The first-order valence-corrected chi connectivity index (χ1v) is 4.68. The molecule has 1 aromatic heterocycles. The molecule has 0 saturated carbocycles. The second kappa shape index (κ2) is 6.25. The molecule has 1 aliphatic heterocycles. The predicted molar refractivity (Wildman–Crippen MR) is 66.7 cm³/mol. The van der Waals surface area contributed by atoms with Gasteiger partial charge in [-0.3, -0.25) is 4.98 Å².